The highest BCUT2D eigenvalue weighted by molar-refractivity contribution is 8.00. The lowest BCUT2D eigenvalue weighted by Crippen LogP contribution is -2.32. The van der Waals surface area contributed by atoms with E-state index in [1.54, 1.807) is 19.1 Å². The molecule has 0 spiro atoms. The molecule has 148 valence electrons. The van der Waals surface area contributed by atoms with Crippen LogP contribution in [0.3, 0.4) is 0 Å². The van der Waals surface area contributed by atoms with Crippen LogP contribution in [0.5, 0.6) is 0 Å². The third-order valence-corrected chi connectivity index (χ3v) is 5.08. The van der Waals surface area contributed by atoms with E-state index in [1.165, 1.54) is 30.8 Å². The normalized spacial score (nSPS) is 12.7. The van der Waals surface area contributed by atoms with Crippen LogP contribution in [0.25, 0.3) is 0 Å². The average molecular weight is 402 g/mol. The fraction of sp³-hybridized carbons (Fsp3) is 0.300. The highest BCUT2D eigenvalue weighted by atomic mass is 32.2. The number of hydrogen-bond acceptors (Lipinski definition) is 6. The van der Waals surface area contributed by atoms with Crippen molar-refractivity contribution in [3.63, 3.8) is 0 Å². The van der Waals surface area contributed by atoms with Crippen molar-refractivity contribution in [3.8, 4) is 0 Å². The number of nitrogens with zero attached hydrogens (tertiary/aromatic N) is 1. The molecule has 0 aromatic heterocycles. The number of anilines is 1. The number of aryl methyl sites for hydroxylation is 2. The number of rotatable bonds is 7. The van der Waals surface area contributed by atoms with Crippen molar-refractivity contribution in [3.05, 3.63) is 63.7 Å². The molecule has 1 N–H and O–H groups in total. The summed E-state index contributed by atoms with van der Waals surface area (Å²) in [6.07, 6.45) is -0.951. The maximum absolute atomic E-state index is 12.3. The molecule has 2 aromatic carbocycles. The summed E-state index contributed by atoms with van der Waals surface area (Å²) in [5.41, 5.74) is 2.67. The monoisotopic (exact) mass is 402 g/mol. The number of benzene rings is 2. The number of carbonyl (C=O) groups is 2. The first-order chi connectivity index (χ1) is 13.2. The molecule has 0 saturated carbocycles. The molecule has 0 unspecified atom stereocenters. The van der Waals surface area contributed by atoms with Crippen LogP contribution in [-0.4, -0.2) is 28.2 Å². The van der Waals surface area contributed by atoms with E-state index in [9.17, 15) is 19.7 Å². The van der Waals surface area contributed by atoms with Crippen LogP contribution in [0.2, 0.25) is 0 Å². The number of nitrogens with one attached hydrogen (secondary N) is 1. The fourth-order valence-corrected chi connectivity index (χ4v) is 3.26. The van der Waals surface area contributed by atoms with E-state index in [0.29, 0.717) is 10.6 Å². The van der Waals surface area contributed by atoms with Crippen LogP contribution in [0.15, 0.2) is 47.4 Å². The van der Waals surface area contributed by atoms with E-state index in [0.717, 1.165) is 11.1 Å². The van der Waals surface area contributed by atoms with Crippen molar-refractivity contribution in [2.75, 3.05) is 5.32 Å². The number of nitro benzene ring substituents is 1. The molecule has 2 aromatic rings. The summed E-state index contributed by atoms with van der Waals surface area (Å²) in [7, 11) is 0. The number of hydrogen-bond donors (Lipinski definition) is 1. The first-order valence-electron chi connectivity index (χ1n) is 8.67. The van der Waals surface area contributed by atoms with Crippen molar-refractivity contribution in [1.82, 2.24) is 0 Å². The minimum absolute atomic E-state index is 0.0173. The molecule has 2 rings (SSSR count). The lowest BCUT2D eigenvalue weighted by Gasteiger charge is -2.17. The molecule has 0 saturated heterocycles. The Balaban J connectivity index is 1.91. The second-order valence-electron chi connectivity index (χ2n) is 6.40. The van der Waals surface area contributed by atoms with Gasteiger partial charge in [-0.3, -0.25) is 19.7 Å². The Morgan fingerprint density at radius 3 is 2.32 bits per heavy atom. The van der Waals surface area contributed by atoms with E-state index in [1.807, 2.05) is 32.0 Å². The molecule has 0 heterocycles. The minimum Gasteiger partial charge on any atom is -0.452 e. The zero-order valence-corrected chi connectivity index (χ0v) is 16.9. The Hall–Kier alpha value is -2.87. The molecular formula is C20H22N2O5S. The third-order valence-electron chi connectivity index (χ3n) is 3.99. The Bertz CT molecular complexity index is 883. The zero-order valence-electron chi connectivity index (χ0n) is 16.1. The standard InChI is InChI=1S/C20H22N2O5S/c1-12-5-10-18(13(2)11-12)21-19(23)14(3)27-20(24)15(4)28-17-8-6-16(7-9-17)22(25)26/h5-11,14-15H,1-4H3,(H,21,23)/t14-,15+/m1/s1. The molecule has 0 bridgehead atoms. The molecule has 28 heavy (non-hydrogen) atoms. The Kier molecular flexibility index (Phi) is 7.17. The summed E-state index contributed by atoms with van der Waals surface area (Å²) in [5, 5.41) is 12.9. The summed E-state index contributed by atoms with van der Waals surface area (Å²) in [5.74, 6) is -0.945. The zero-order chi connectivity index (χ0) is 20.8. The van der Waals surface area contributed by atoms with Crippen molar-refractivity contribution in [1.29, 1.82) is 0 Å². The molecule has 0 aliphatic carbocycles. The van der Waals surface area contributed by atoms with Gasteiger partial charge >= 0.3 is 5.97 Å². The summed E-state index contributed by atoms with van der Waals surface area (Å²) in [6.45, 7) is 7.03. The Labute approximate surface area is 167 Å². The third kappa shape index (κ3) is 5.82. The van der Waals surface area contributed by atoms with E-state index in [4.69, 9.17) is 4.74 Å². The van der Waals surface area contributed by atoms with Crippen LogP contribution in [0.1, 0.15) is 25.0 Å². The number of ether oxygens (including phenoxy) is 1. The molecule has 2 atom stereocenters. The predicted octanol–water partition coefficient (Wildman–Crippen LogP) is 4.26. The molecule has 0 aliphatic heterocycles. The second-order valence-corrected chi connectivity index (χ2v) is 7.81. The summed E-state index contributed by atoms with van der Waals surface area (Å²) >= 11 is 1.20. The summed E-state index contributed by atoms with van der Waals surface area (Å²) in [4.78, 5) is 35.5. The lowest BCUT2D eigenvalue weighted by atomic mass is 10.1. The van der Waals surface area contributed by atoms with Crippen LogP contribution in [0.4, 0.5) is 11.4 Å². The maximum atomic E-state index is 12.3. The number of non-ortho nitro benzene ring substituents is 1. The minimum atomic E-state index is -0.951. The second kappa shape index (κ2) is 9.36. The molecule has 0 aliphatic rings. The van der Waals surface area contributed by atoms with Gasteiger partial charge in [0, 0.05) is 22.7 Å². The quantitative estimate of drug-likeness (QED) is 0.321. The lowest BCUT2D eigenvalue weighted by molar-refractivity contribution is -0.384. The van der Waals surface area contributed by atoms with Gasteiger partial charge in [-0.1, -0.05) is 17.7 Å². The highest BCUT2D eigenvalue weighted by Crippen LogP contribution is 2.26. The van der Waals surface area contributed by atoms with Crippen molar-refractivity contribution >= 4 is 35.0 Å². The van der Waals surface area contributed by atoms with E-state index in [2.05, 4.69) is 5.32 Å². The van der Waals surface area contributed by atoms with Crippen LogP contribution in [0, 0.1) is 24.0 Å². The topological polar surface area (TPSA) is 98.5 Å². The highest BCUT2D eigenvalue weighted by Gasteiger charge is 2.23. The largest absolute Gasteiger partial charge is 0.452 e. The van der Waals surface area contributed by atoms with Gasteiger partial charge in [0.25, 0.3) is 11.6 Å². The van der Waals surface area contributed by atoms with E-state index < -0.39 is 28.2 Å². The van der Waals surface area contributed by atoms with Gasteiger partial charge in [-0.2, -0.15) is 0 Å². The number of carbonyl (C=O) groups excluding carboxylic acids is 2. The number of thioether (sulfide) groups is 1. The molecule has 1 amide bonds. The van der Waals surface area contributed by atoms with Crippen LogP contribution >= 0.6 is 11.8 Å². The molecular weight excluding hydrogens is 380 g/mol. The van der Waals surface area contributed by atoms with Crippen LogP contribution < -0.4 is 5.32 Å². The Morgan fingerprint density at radius 1 is 1.11 bits per heavy atom. The van der Waals surface area contributed by atoms with Crippen molar-refractivity contribution < 1.29 is 19.2 Å². The number of nitro groups is 1. The van der Waals surface area contributed by atoms with Gasteiger partial charge in [0.15, 0.2) is 6.10 Å². The molecule has 8 heteroatoms. The van der Waals surface area contributed by atoms with E-state index in [-0.39, 0.29) is 5.69 Å². The van der Waals surface area contributed by atoms with Gasteiger partial charge < -0.3 is 10.1 Å². The molecule has 0 radical (unpaired) electrons. The van der Waals surface area contributed by atoms with Gasteiger partial charge in [0.1, 0.15) is 5.25 Å². The number of amides is 1. The fourth-order valence-electron chi connectivity index (χ4n) is 2.41. The van der Waals surface area contributed by atoms with Gasteiger partial charge in [0.05, 0.1) is 4.92 Å². The summed E-state index contributed by atoms with van der Waals surface area (Å²) < 4.78 is 5.26. The first kappa shape index (κ1) is 21.4. The maximum Gasteiger partial charge on any atom is 0.319 e. The van der Waals surface area contributed by atoms with Gasteiger partial charge in [0.2, 0.25) is 0 Å². The van der Waals surface area contributed by atoms with Crippen LogP contribution in [-0.2, 0) is 14.3 Å². The Morgan fingerprint density at radius 2 is 1.75 bits per heavy atom. The number of esters is 1. The van der Waals surface area contributed by atoms with Gasteiger partial charge in [-0.15, -0.1) is 11.8 Å². The van der Waals surface area contributed by atoms with E-state index >= 15 is 0 Å². The first-order valence-corrected chi connectivity index (χ1v) is 9.55. The smallest absolute Gasteiger partial charge is 0.319 e. The SMILES string of the molecule is Cc1ccc(NC(=O)[C@@H](C)OC(=O)[C@H](C)Sc2ccc([N+](=O)[O-])cc2)c(C)c1. The van der Waals surface area contributed by atoms with Crippen molar-refractivity contribution in [2.45, 2.75) is 43.9 Å². The molecule has 0 fully saturated rings. The molecule has 7 nitrogen and oxygen atoms in total. The summed E-state index contributed by atoms with van der Waals surface area (Å²) in [6, 6.07) is 11.5. The van der Waals surface area contributed by atoms with Gasteiger partial charge in [-0.05, 0) is 51.5 Å². The predicted molar refractivity (Wildman–Crippen MR) is 109 cm³/mol. The van der Waals surface area contributed by atoms with Gasteiger partial charge in [-0.25, -0.2) is 0 Å². The van der Waals surface area contributed by atoms with Crippen molar-refractivity contribution in [2.24, 2.45) is 0 Å². The average Bonchev–Trinajstić information content (AvgIpc) is 2.64.